The van der Waals surface area contributed by atoms with Crippen LogP contribution in [0, 0.1) is 0 Å². The molecule has 0 unspecified atom stereocenters. The standard InChI is InChI=1S/C12H12ClN5O.C7H13N3O2/c13-9-11(15)18-10(14)8(17-9)12(19)16-6-7-4-2-1-3-5-7;1-8-7(11)12-10-6-2-4-9-5-3-6/h1-5H,6H2,(H,16,19)(H4,14,15,18);6,9-10H,1-5H2. The van der Waals surface area contributed by atoms with Gasteiger partial charge in [0.2, 0.25) is 0 Å². The second kappa shape index (κ2) is 12.4. The summed E-state index contributed by atoms with van der Waals surface area (Å²) >= 11 is 5.71. The van der Waals surface area contributed by atoms with Crippen LogP contribution in [0.25, 0.3) is 0 Å². The molecule has 1 saturated heterocycles. The van der Waals surface area contributed by atoms with Crippen molar-refractivity contribution in [3.05, 3.63) is 46.7 Å². The minimum Gasteiger partial charge on any atom is -0.382 e. The Labute approximate surface area is 184 Å². The van der Waals surface area contributed by atoms with Gasteiger partial charge in [-0.15, -0.1) is 5.48 Å². The highest BCUT2D eigenvalue weighted by molar-refractivity contribution is 6.31. The van der Waals surface area contributed by atoms with Crippen LogP contribution in [0.5, 0.6) is 0 Å². The van der Waals surface area contributed by atoms with Gasteiger partial charge >= 0.3 is 6.09 Å². The number of aromatic nitrogens is 2. The summed E-state index contributed by atoms with van der Waals surface area (Å²) in [5, 5.41) is 5.84. The van der Waals surface area contributed by atoms with Gasteiger partial charge in [0.25, 0.3) is 5.91 Å². The van der Waals surface area contributed by atoms with Crippen molar-refractivity contribution in [2.45, 2.75) is 25.4 Å². The molecule has 1 aliphatic rings. The number of anilines is 2. The minimum absolute atomic E-state index is 0.00113. The molecule has 7 N–H and O–H groups in total. The van der Waals surface area contributed by atoms with E-state index in [0.717, 1.165) is 31.5 Å². The first-order valence-corrected chi connectivity index (χ1v) is 9.83. The average Bonchev–Trinajstić information content (AvgIpc) is 2.80. The summed E-state index contributed by atoms with van der Waals surface area (Å²) in [5.74, 6) is -0.498. The summed E-state index contributed by atoms with van der Waals surface area (Å²) < 4.78 is 0. The second-order valence-corrected chi connectivity index (χ2v) is 6.83. The van der Waals surface area contributed by atoms with E-state index in [0.29, 0.717) is 6.54 Å². The van der Waals surface area contributed by atoms with E-state index in [4.69, 9.17) is 23.1 Å². The maximum Gasteiger partial charge on any atom is 0.451 e. The van der Waals surface area contributed by atoms with Gasteiger partial charge in [0.05, 0.1) is 0 Å². The Morgan fingerprint density at radius 3 is 2.52 bits per heavy atom. The second-order valence-electron chi connectivity index (χ2n) is 6.47. The molecule has 0 aliphatic carbocycles. The van der Waals surface area contributed by atoms with Gasteiger partial charge in [-0.1, -0.05) is 41.9 Å². The Bertz CT molecular complexity index is 891. The molecule has 12 heteroatoms. The Balaban J connectivity index is 0.000000245. The molecule has 11 nitrogen and oxygen atoms in total. The molecule has 1 aliphatic heterocycles. The van der Waals surface area contributed by atoms with E-state index in [1.54, 1.807) is 0 Å². The predicted octanol–water partition coefficient (Wildman–Crippen LogP) is 1.30. The van der Waals surface area contributed by atoms with Crippen molar-refractivity contribution >= 4 is 42.0 Å². The molecule has 2 amide bonds. The summed E-state index contributed by atoms with van der Waals surface area (Å²) in [4.78, 5) is 37.7. The summed E-state index contributed by atoms with van der Waals surface area (Å²) in [6.45, 7) is 5.32. The van der Waals surface area contributed by atoms with Crippen LogP contribution in [0.4, 0.5) is 16.4 Å². The van der Waals surface area contributed by atoms with Gasteiger partial charge in [0.1, 0.15) is 0 Å². The summed E-state index contributed by atoms with van der Waals surface area (Å²) in [5.41, 5.74) is 14.6. The lowest BCUT2D eigenvalue weighted by Gasteiger charge is -2.22. The highest BCUT2D eigenvalue weighted by atomic mass is 35.5. The molecule has 166 valence electrons. The normalized spacial score (nSPS) is 13.5. The number of nitrogens with two attached hydrogens (primary N) is 2. The number of benzene rings is 1. The summed E-state index contributed by atoms with van der Waals surface area (Å²) in [7, 11) is 0. The first-order valence-electron chi connectivity index (χ1n) is 9.45. The largest absolute Gasteiger partial charge is 0.451 e. The van der Waals surface area contributed by atoms with Crippen molar-refractivity contribution < 1.29 is 14.4 Å². The van der Waals surface area contributed by atoms with Crippen LogP contribution in [0.3, 0.4) is 0 Å². The lowest BCUT2D eigenvalue weighted by atomic mass is 10.1. The molecular weight excluding hydrogens is 424 g/mol. The van der Waals surface area contributed by atoms with Crippen molar-refractivity contribution in [1.82, 2.24) is 26.1 Å². The molecule has 2 heterocycles. The molecular formula is C19H25ClN8O3. The SMILES string of the molecule is C=NC(=O)ONC1CCNCC1.Nc1nc(N)c(C(=O)NCc2ccccc2)nc1Cl. The molecule has 1 aromatic carbocycles. The topological polar surface area (TPSA) is 170 Å². The smallest absolute Gasteiger partial charge is 0.382 e. The van der Waals surface area contributed by atoms with Crippen LogP contribution in [0.1, 0.15) is 28.9 Å². The summed E-state index contributed by atoms with van der Waals surface area (Å²) in [6, 6.07) is 9.70. The highest BCUT2D eigenvalue weighted by Crippen LogP contribution is 2.17. The maximum atomic E-state index is 11.9. The van der Waals surface area contributed by atoms with Gasteiger partial charge in [-0.3, -0.25) is 4.79 Å². The number of amides is 2. The van der Waals surface area contributed by atoms with E-state index >= 15 is 0 Å². The quantitative estimate of drug-likeness (QED) is 0.334. The van der Waals surface area contributed by atoms with Gasteiger partial charge in [0, 0.05) is 12.6 Å². The number of aliphatic imine (C=N–C) groups is 1. The molecule has 0 spiro atoms. The number of carbonyl (C=O) groups excluding carboxylic acids is 2. The van der Waals surface area contributed by atoms with E-state index in [-0.39, 0.29) is 28.5 Å². The lowest BCUT2D eigenvalue weighted by Crippen LogP contribution is -2.40. The number of hydrogen-bond donors (Lipinski definition) is 5. The van der Waals surface area contributed by atoms with Crippen LogP contribution in [0.15, 0.2) is 35.3 Å². The minimum atomic E-state index is -0.673. The zero-order valence-electron chi connectivity index (χ0n) is 16.8. The van der Waals surface area contributed by atoms with Crippen molar-refractivity contribution in [2.24, 2.45) is 4.99 Å². The number of hydroxylamine groups is 1. The fraction of sp³-hybridized carbons (Fsp3) is 0.316. The Morgan fingerprint density at radius 1 is 1.19 bits per heavy atom. The van der Waals surface area contributed by atoms with Crippen molar-refractivity contribution in [3.8, 4) is 0 Å². The monoisotopic (exact) mass is 448 g/mol. The molecule has 1 aromatic heterocycles. The molecule has 0 radical (unpaired) electrons. The number of halogens is 1. The third-order valence-electron chi connectivity index (χ3n) is 4.20. The van der Waals surface area contributed by atoms with Crippen LogP contribution in [0.2, 0.25) is 5.15 Å². The van der Waals surface area contributed by atoms with E-state index in [1.165, 1.54) is 0 Å². The first-order chi connectivity index (χ1) is 14.9. The Kier molecular flexibility index (Phi) is 9.62. The van der Waals surface area contributed by atoms with Crippen LogP contribution >= 0.6 is 11.6 Å². The van der Waals surface area contributed by atoms with Crippen LogP contribution in [-0.2, 0) is 11.4 Å². The Morgan fingerprint density at radius 2 is 1.87 bits per heavy atom. The third-order valence-corrected chi connectivity index (χ3v) is 4.48. The van der Waals surface area contributed by atoms with Crippen LogP contribution < -0.4 is 27.6 Å². The molecule has 2 aromatic rings. The fourth-order valence-corrected chi connectivity index (χ4v) is 2.70. The van der Waals surface area contributed by atoms with Gasteiger partial charge in [-0.05, 0) is 38.2 Å². The number of nitrogen functional groups attached to an aromatic ring is 2. The summed E-state index contributed by atoms with van der Waals surface area (Å²) in [6.07, 6.45) is 1.25. The third kappa shape index (κ3) is 8.16. The number of nitrogens with one attached hydrogen (secondary N) is 3. The zero-order valence-corrected chi connectivity index (χ0v) is 17.6. The van der Waals surface area contributed by atoms with Gasteiger partial charge < -0.3 is 26.9 Å². The van der Waals surface area contributed by atoms with Crippen molar-refractivity contribution in [2.75, 3.05) is 24.6 Å². The lowest BCUT2D eigenvalue weighted by molar-refractivity contribution is 0.0684. The van der Waals surface area contributed by atoms with E-state index in [9.17, 15) is 9.59 Å². The number of piperidine rings is 1. The zero-order chi connectivity index (χ0) is 22.6. The maximum absolute atomic E-state index is 11.9. The fourth-order valence-electron chi connectivity index (χ4n) is 2.58. The number of nitrogens with zero attached hydrogens (tertiary/aromatic N) is 3. The van der Waals surface area contributed by atoms with E-state index in [2.05, 4.69) is 42.6 Å². The van der Waals surface area contributed by atoms with Crippen molar-refractivity contribution in [1.29, 1.82) is 0 Å². The molecule has 31 heavy (non-hydrogen) atoms. The van der Waals surface area contributed by atoms with Gasteiger partial charge in [0.15, 0.2) is 22.5 Å². The number of carbonyl (C=O) groups is 2. The molecule has 0 atom stereocenters. The molecule has 1 fully saturated rings. The molecule has 3 rings (SSSR count). The van der Waals surface area contributed by atoms with E-state index < -0.39 is 12.0 Å². The van der Waals surface area contributed by atoms with Gasteiger partial charge in [-0.25, -0.2) is 14.8 Å². The predicted molar refractivity (Wildman–Crippen MR) is 119 cm³/mol. The highest BCUT2D eigenvalue weighted by Gasteiger charge is 2.15. The number of rotatable bonds is 5. The Hall–Kier alpha value is -3.28. The van der Waals surface area contributed by atoms with Gasteiger partial charge in [-0.2, -0.15) is 4.99 Å². The van der Waals surface area contributed by atoms with E-state index in [1.807, 2.05) is 30.3 Å². The molecule has 0 bridgehead atoms. The number of hydrogen-bond acceptors (Lipinski definition) is 9. The van der Waals surface area contributed by atoms with Crippen molar-refractivity contribution in [3.63, 3.8) is 0 Å². The molecule has 0 saturated carbocycles. The first kappa shape index (κ1) is 24.0. The van der Waals surface area contributed by atoms with Crippen LogP contribution in [-0.4, -0.2) is 47.8 Å². The average molecular weight is 449 g/mol.